The van der Waals surface area contributed by atoms with Crippen LogP contribution in [-0.2, 0) is 6.18 Å². The number of alkyl halides is 3. The minimum atomic E-state index is -4.64. The molecule has 1 amide bonds. The van der Waals surface area contributed by atoms with Crippen LogP contribution in [0.2, 0.25) is 0 Å². The number of hydrogen-bond donors (Lipinski definition) is 2. The summed E-state index contributed by atoms with van der Waals surface area (Å²) in [6.45, 7) is 1.75. The molecular formula is C12H10F3N3O. The first-order valence-electron chi connectivity index (χ1n) is 5.37. The number of para-hydroxylation sites is 1. The maximum absolute atomic E-state index is 12.6. The topological polar surface area (TPSA) is 57.8 Å². The van der Waals surface area contributed by atoms with Crippen molar-refractivity contribution in [2.24, 2.45) is 0 Å². The lowest BCUT2D eigenvalue weighted by Crippen LogP contribution is -2.18. The summed E-state index contributed by atoms with van der Waals surface area (Å²) >= 11 is 0. The maximum atomic E-state index is 12.6. The molecule has 0 aliphatic rings. The Kier molecular flexibility index (Phi) is 3.28. The number of aromatic amines is 1. The van der Waals surface area contributed by atoms with Crippen molar-refractivity contribution in [2.45, 2.75) is 13.1 Å². The lowest BCUT2D eigenvalue weighted by molar-refractivity contribution is -0.141. The summed E-state index contributed by atoms with van der Waals surface area (Å²) in [5.41, 5.74) is -0.468. The number of aromatic nitrogens is 2. The van der Waals surface area contributed by atoms with Gasteiger partial charge in [0, 0.05) is 5.69 Å². The smallest absolute Gasteiger partial charge is 0.322 e. The third-order valence-electron chi connectivity index (χ3n) is 2.56. The van der Waals surface area contributed by atoms with Crippen LogP contribution in [0.3, 0.4) is 0 Å². The largest absolute Gasteiger partial charge is 0.433 e. The molecule has 2 rings (SSSR count). The fraction of sp³-hybridized carbons (Fsp3) is 0.167. The lowest BCUT2D eigenvalue weighted by atomic mass is 10.2. The number of H-pyrrole nitrogens is 1. The first-order chi connectivity index (χ1) is 8.89. The van der Waals surface area contributed by atoms with Crippen LogP contribution in [0.5, 0.6) is 0 Å². The molecule has 2 N–H and O–H groups in total. The summed E-state index contributed by atoms with van der Waals surface area (Å²) < 4.78 is 37.8. The monoisotopic (exact) mass is 269 g/mol. The third-order valence-corrected chi connectivity index (χ3v) is 2.56. The van der Waals surface area contributed by atoms with Crippen molar-refractivity contribution in [2.75, 3.05) is 5.32 Å². The predicted molar refractivity (Wildman–Crippen MR) is 62.7 cm³/mol. The molecule has 0 aliphatic carbocycles. The van der Waals surface area contributed by atoms with Crippen LogP contribution in [-0.4, -0.2) is 16.1 Å². The standard InChI is InChI=1S/C12H10F3N3O/c1-7-4-2-3-5-9(7)17-11(19)8-6-16-18-10(8)12(13,14)15/h2-6H,1H3,(H,16,18)(H,17,19). The number of halogens is 3. The summed E-state index contributed by atoms with van der Waals surface area (Å²) in [5.74, 6) is -0.852. The number of aryl methyl sites for hydroxylation is 1. The lowest BCUT2D eigenvalue weighted by Gasteiger charge is -2.09. The van der Waals surface area contributed by atoms with Crippen LogP contribution in [0.1, 0.15) is 21.6 Å². The zero-order chi connectivity index (χ0) is 14.0. The van der Waals surface area contributed by atoms with Crippen LogP contribution >= 0.6 is 0 Å². The van der Waals surface area contributed by atoms with E-state index in [1.54, 1.807) is 36.3 Å². The first-order valence-corrected chi connectivity index (χ1v) is 5.37. The van der Waals surface area contributed by atoms with Gasteiger partial charge in [-0.1, -0.05) is 18.2 Å². The summed E-state index contributed by atoms with van der Waals surface area (Å²) in [6.07, 6.45) is -3.79. The van der Waals surface area contributed by atoms with Crippen LogP contribution in [0.4, 0.5) is 18.9 Å². The van der Waals surface area contributed by atoms with E-state index in [9.17, 15) is 18.0 Å². The van der Waals surface area contributed by atoms with Gasteiger partial charge < -0.3 is 5.32 Å². The van der Waals surface area contributed by atoms with Crippen molar-refractivity contribution < 1.29 is 18.0 Å². The predicted octanol–water partition coefficient (Wildman–Crippen LogP) is 2.99. The molecule has 19 heavy (non-hydrogen) atoms. The fourth-order valence-corrected chi connectivity index (χ4v) is 1.58. The minimum Gasteiger partial charge on any atom is -0.322 e. The van der Waals surface area contributed by atoms with Gasteiger partial charge in [-0.15, -0.1) is 0 Å². The van der Waals surface area contributed by atoms with Gasteiger partial charge in [-0.25, -0.2) is 0 Å². The van der Waals surface area contributed by atoms with Gasteiger partial charge in [0.05, 0.1) is 11.8 Å². The Balaban J connectivity index is 2.27. The average molecular weight is 269 g/mol. The van der Waals surface area contributed by atoms with Gasteiger partial charge in [0.2, 0.25) is 0 Å². The number of carbonyl (C=O) groups is 1. The highest BCUT2D eigenvalue weighted by Crippen LogP contribution is 2.30. The highest BCUT2D eigenvalue weighted by molar-refractivity contribution is 6.05. The molecule has 4 nitrogen and oxygen atoms in total. The van der Waals surface area contributed by atoms with Crippen LogP contribution in [0, 0.1) is 6.92 Å². The molecule has 1 aromatic carbocycles. The van der Waals surface area contributed by atoms with E-state index < -0.39 is 23.3 Å². The summed E-state index contributed by atoms with van der Waals surface area (Å²) in [6, 6.07) is 6.81. The van der Waals surface area contributed by atoms with E-state index in [0.717, 1.165) is 11.8 Å². The molecule has 7 heteroatoms. The highest BCUT2D eigenvalue weighted by atomic mass is 19.4. The second-order valence-electron chi connectivity index (χ2n) is 3.93. The number of hydrogen-bond acceptors (Lipinski definition) is 2. The van der Waals surface area contributed by atoms with E-state index in [0.29, 0.717) is 5.69 Å². The van der Waals surface area contributed by atoms with Gasteiger partial charge in [0.1, 0.15) is 0 Å². The number of rotatable bonds is 2. The van der Waals surface area contributed by atoms with Gasteiger partial charge >= 0.3 is 6.18 Å². The van der Waals surface area contributed by atoms with Gasteiger partial charge in [-0.05, 0) is 18.6 Å². The summed E-state index contributed by atoms with van der Waals surface area (Å²) in [5, 5.41) is 7.49. The van der Waals surface area contributed by atoms with Gasteiger partial charge in [0.25, 0.3) is 5.91 Å². The molecule has 0 radical (unpaired) electrons. The zero-order valence-corrected chi connectivity index (χ0v) is 9.88. The second kappa shape index (κ2) is 4.75. The Morgan fingerprint density at radius 3 is 2.63 bits per heavy atom. The Morgan fingerprint density at radius 2 is 2.00 bits per heavy atom. The van der Waals surface area contributed by atoms with Crippen LogP contribution in [0.15, 0.2) is 30.5 Å². The van der Waals surface area contributed by atoms with Gasteiger partial charge in [0.15, 0.2) is 5.69 Å². The first kappa shape index (κ1) is 13.1. The molecule has 0 fully saturated rings. The highest BCUT2D eigenvalue weighted by Gasteiger charge is 2.37. The Hall–Kier alpha value is -2.31. The molecule has 1 aromatic heterocycles. The fourth-order valence-electron chi connectivity index (χ4n) is 1.58. The van der Waals surface area contributed by atoms with E-state index in [1.165, 1.54) is 0 Å². The van der Waals surface area contributed by atoms with E-state index in [2.05, 4.69) is 10.4 Å². The van der Waals surface area contributed by atoms with Crippen molar-refractivity contribution in [1.82, 2.24) is 10.2 Å². The van der Waals surface area contributed by atoms with Gasteiger partial charge in [-0.2, -0.15) is 18.3 Å². The maximum Gasteiger partial charge on any atom is 0.433 e. The molecule has 0 aliphatic heterocycles. The molecule has 0 saturated carbocycles. The molecule has 0 spiro atoms. The zero-order valence-electron chi connectivity index (χ0n) is 9.88. The number of benzene rings is 1. The molecular weight excluding hydrogens is 259 g/mol. The summed E-state index contributed by atoms with van der Waals surface area (Å²) in [7, 11) is 0. The van der Waals surface area contributed by atoms with Crippen molar-refractivity contribution in [3.8, 4) is 0 Å². The van der Waals surface area contributed by atoms with E-state index >= 15 is 0 Å². The molecule has 100 valence electrons. The second-order valence-corrected chi connectivity index (χ2v) is 3.93. The van der Waals surface area contributed by atoms with E-state index in [-0.39, 0.29) is 0 Å². The molecule has 0 atom stereocenters. The van der Waals surface area contributed by atoms with Crippen LogP contribution < -0.4 is 5.32 Å². The van der Waals surface area contributed by atoms with Gasteiger partial charge in [-0.3, -0.25) is 9.89 Å². The minimum absolute atomic E-state index is 0.460. The Bertz CT molecular complexity index is 604. The normalized spacial score (nSPS) is 11.4. The quantitative estimate of drug-likeness (QED) is 0.880. The number of anilines is 1. The van der Waals surface area contributed by atoms with Crippen molar-refractivity contribution in [3.05, 3.63) is 47.3 Å². The molecule has 1 heterocycles. The summed E-state index contributed by atoms with van der Waals surface area (Å²) in [4.78, 5) is 11.8. The number of nitrogens with zero attached hydrogens (tertiary/aromatic N) is 1. The number of carbonyl (C=O) groups excluding carboxylic acids is 1. The SMILES string of the molecule is Cc1ccccc1NC(=O)c1cn[nH]c1C(F)(F)F. The average Bonchev–Trinajstić information content (AvgIpc) is 2.81. The Labute approximate surface area is 106 Å². The van der Waals surface area contributed by atoms with E-state index in [1.807, 2.05) is 0 Å². The van der Waals surface area contributed by atoms with Crippen LogP contribution in [0.25, 0.3) is 0 Å². The third kappa shape index (κ3) is 2.75. The number of amides is 1. The number of nitrogens with one attached hydrogen (secondary N) is 2. The molecule has 2 aromatic rings. The van der Waals surface area contributed by atoms with Crippen molar-refractivity contribution >= 4 is 11.6 Å². The molecule has 0 unspecified atom stereocenters. The molecule has 0 bridgehead atoms. The van der Waals surface area contributed by atoms with Crippen molar-refractivity contribution in [1.29, 1.82) is 0 Å². The Morgan fingerprint density at radius 1 is 1.32 bits per heavy atom. The van der Waals surface area contributed by atoms with Crippen molar-refractivity contribution in [3.63, 3.8) is 0 Å². The van der Waals surface area contributed by atoms with E-state index in [4.69, 9.17) is 0 Å². The molecule has 0 saturated heterocycles.